The monoisotopic (exact) mass is 289 g/mol. The largest absolute Gasteiger partial charge is 0.385 e. The van der Waals surface area contributed by atoms with E-state index in [1.54, 1.807) is 0 Å². The summed E-state index contributed by atoms with van der Waals surface area (Å²) >= 11 is 0. The van der Waals surface area contributed by atoms with Crippen LogP contribution < -0.4 is 10.6 Å². The fourth-order valence-corrected chi connectivity index (χ4v) is 2.44. The van der Waals surface area contributed by atoms with E-state index in [0.717, 1.165) is 42.4 Å². The second-order valence-electron chi connectivity index (χ2n) is 5.92. The number of carbonyl (C=O) groups is 1. The quantitative estimate of drug-likeness (QED) is 0.773. The van der Waals surface area contributed by atoms with Gasteiger partial charge in [-0.1, -0.05) is 6.92 Å². The Bertz CT molecular complexity index is 483. The van der Waals surface area contributed by atoms with Crippen molar-refractivity contribution < 1.29 is 4.79 Å². The third-order valence-corrected chi connectivity index (χ3v) is 3.97. The van der Waals surface area contributed by atoms with Gasteiger partial charge in [-0.15, -0.1) is 0 Å². The van der Waals surface area contributed by atoms with Gasteiger partial charge in [0.15, 0.2) is 0 Å². The third-order valence-electron chi connectivity index (χ3n) is 3.97. The molecule has 0 aromatic heterocycles. The highest BCUT2D eigenvalue weighted by molar-refractivity contribution is 5.96. The Hall–Kier alpha value is -1.55. The highest BCUT2D eigenvalue weighted by Crippen LogP contribution is 2.24. The van der Waals surface area contributed by atoms with E-state index in [9.17, 15) is 4.79 Å². The molecule has 4 heteroatoms. The zero-order valence-electron chi connectivity index (χ0n) is 13.4. The van der Waals surface area contributed by atoms with Crippen LogP contribution in [0.25, 0.3) is 0 Å². The second kappa shape index (κ2) is 7.46. The molecule has 4 nitrogen and oxygen atoms in total. The fraction of sp³-hybridized carbons (Fsp3) is 0.588. The van der Waals surface area contributed by atoms with Gasteiger partial charge in [0.1, 0.15) is 0 Å². The number of carbonyl (C=O) groups excluding carboxylic acids is 1. The zero-order valence-corrected chi connectivity index (χ0v) is 13.4. The van der Waals surface area contributed by atoms with Crippen molar-refractivity contribution in [2.24, 2.45) is 0 Å². The minimum Gasteiger partial charge on any atom is -0.385 e. The standard InChI is InChI=1S/C17H27N3O/c1-4-9-18-14-5-8-16(13(2)12-14)17(21)19-10-11-20(3)15-6-7-15/h5,8,12,15,18H,4,6-7,9-11H2,1-3H3,(H,19,21). The first kappa shape index (κ1) is 15.8. The summed E-state index contributed by atoms with van der Waals surface area (Å²) in [5, 5.41) is 6.36. The molecule has 1 aliphatic rings. The first-order valence-corrected chi connectivity index (χ1v) is 7.94. The molecule has 0 aliphatic heterocycles. The average Bonchev–Trinajstić information content (AvgIpc) is 3.29. The molecule has 0 bridgehead atoms. The van der Waals surface area contributed by atoms with Crippen LogP contribution >= 0.6 is 0 Å². The van der Waals surface area contributed by atoms with Crippen LogP contribution in [0.3, 0.4) is 0 Å². The van der Waals surface area contributed by atoms with Gasteiger partial charge in [-0.05, 0) is 57.0 Å². The molecule has 1 aliphatic carbocycles. The van der Waals surface area contributed by atoms with E-state index >= 15 is 0 Å². The lowest BCUT2D eigenvalue weighted by Crippen LogP contribution is -2.34. The van der Waals surface area contributed by atoms with Gasteiger partial charge in [-0.2, -0.15) is 0 Å². The molecule has 0 atom stereocenters. The van der Waals surface area contributed by atoms with Crippen LogP contribution in [0.2, 0.25) is 0 Å². The molecule has 0 spiro atoms. The normalized spacial score (nSPS) is 14.3. The van der Waals surface area contributed by atoms with Crippen LogP contribution in [0.4, 0.5) is 5.69 Å². The molecule has 0 unspecified atom stereocenters. The molecule has 116 valence electrons. The van der Waals surface area contributed by atoms with Crippen molar-refractivity contribution in [3.05, 3.63) is 29.3 Å². The summed E-state index contributed by atoms with van der Waals surface area (Å²) in [6.07, 6.45) is 3.70. The maximum Gasteiger partial charge on any atom is 0.251 e. The second-order valence-corrected chi connectivity index (χ2v) is 5.92. The molecule has 0 saturated heterocycles. The van der Waals surface area contributed by atoms with Crippen molar-refractivity contribution in [1.82, 2.24) is 10.2 Å². The van der Waals surface area contributed by atoms with Crippen molar-refractivity contribution in [2.75, 3.05) is 32.0 Å². The minimum absolute atomic E-state index is 0.0266. The van der Waals surface area contributed by atoms with Crippen LogP contribution in [-0.4, -0.2) is 43.5 Å². The number of nitrogens with zero attached hydrogens (tertiary/aromatic N) is 1. The van der Waals surface area contributed by atoms with Crippen molar-refractivity contribution in [1.29, 1.82) is 0 Å². The van der Waals surface area contributed by atoms with Gasteiger partial charge in [0, 0.05) is 36.9 Å². The first-order chi connectivity index (χ1) is 10.1. The van der Waals surface area contributed by atoms with Crippen LogP contribution in [0, 0.1) is 6.92 Å². The molecular formula is C17H27N3O. The molecule has 1 amide bonds. The Kier molecular flexibility index (Phi) is 5.62. The number of hydrogen-bond donors (Lipinski definition) is 2. The van der Waals surface area contributed by atoms with E-state index in [2.05, 4.69) is 29.5 Å². The smallest absolute Gasteiger partial charge is 0.251 e. The Morgan fingerprint density at radius 1 is 1.33 bits per heavy atom. The Morgan fingerprint density at radius 2 is 2.10 bits per heavy atom. The molecular weight excluding hydrogens is 262 g/mol. The maximum absolute atomic E-state index is 12.2. The molecule has 1 fully saturated rings. The summed E-state index contributed by atoms with van der Waals surface area (Å²) in [5.41, 5.74) is 2.87. The maximum atomic E-state index is 12.2. The number of rotatable bonds is 8. The highest BCUT2D eigenvalue weighted by atomic mass is 16.1. The van der Waals surface area contributed by atoms with Gasteiger partial charge < -0.3 is 15.5 Å². The van der Waals surface area contributed by atoms with Gasteiger partial charge in [-0.25, -0.2) is 0 Å². The lowest BCUT2D eigenvalue weighted by atomic mass is 10.1. The van der Waals surface area contributed by atoms with E-state index < -0.39 is 0 Å². The fourth-order valence-electron chi connectivity index (χ4n) is 2.44. The number of amides is 1. The first-order valence-electron chi connectivity index (χ1n) is 7.94. The van der Waals surface area contributed by atoms with E-state index in [1.165, 1.54) is 12.8 Å². The van der Waals surface area contributed by atoms with Crippen LogP contribution in [0.5, 0.6) is 0 Å². The predicted molar refractivity (Wildman–Crippen MR) is 87.9 cm³/mol. The molecule has 1 aromatic rings. The van der Waals surface area contributed by atoms with E-state index in [4.69, 9.17) is 0 Å². The number of likely N-dealkylation sites (N-methyl/N-ethyl adjacent to an activating group) is 1. The Balaban J connectivity index is 1.83. The van der Waals surface area contributed by atoms with Crippen LogP contribution in [-0.2, 0) is 0 Å². The van der Waals surface area contributed by atoms with Crippen molar-refractivity contribution in [3.63, 3.8) is 0 Å². The molecule has 21 heavy (non-hydrogen) atoms. The molecule has 1 aromatic carbocycles. The molecule has 2 rings (SSSR count). The molecule has 2 N–H and O–H groups in total. The zero-order chi connectivity index (χ0) is 15.2. The summed E-state index contributed by atoms with van der Waals surface area (Å²) in [5.74, 6) is 0.0266. The van der Waals surface area contributed by atoms with Gasteiger partial charge >= 0.3 is 0 Å². The summed E-state index contributed by atoms with van der Waals surface area (Å²) in [4.78, 5) is 14.5. The number of nitrogens with one attached hydrogen (secondary N) is 2. The number of hydrogen-bond acceptors (Lipinski definition) is 3. The van der Waals surface area contributed by atoms with E-state index in [-0.39, 0.29) is 5.91 Å². The third kappa shape index (κ3) is 4.74. The molecule has 1 saturated carbocycles. The van der Waals surface area contributed by atoms with Gasteiger partial charge in [0.25, 0.3) is 5.91 Å². The predicted octanol–water partition coefficient (Wildman–Crippen LogP) is 2.64. The SMILES string of the molecule is CCCNc1ccc(C(=O)NCCN(C)C2CC2)c(C)c1. The lowest BCUT2D eigenvalue weighted by Gasteiger charge is -2.16. The number of benzene rings is 1. The van der Waals surface area contributed by atoms with Gasteiger partial charge in [0.05, 0.1) is 0 Å². The van der Waals surface area contributed by atoms with Gasteiger partial charge in [0.2, 0.25) is 0 Å². The van der Waals surface area contributed by atoms with Crippen molar-refractivity contribution in [3.8, 4) is 0 Å². The summed E-state index contributed by atoms with van der Waals surface area (Å²) in [6.45, 7) is 6.72. The van der Waals surface area contributed by atoms with Crippen LogP contribution in [0.1, 0.15) is 42.1 Å². The summed E-state index contributed by atoms with van der Waals surface area (Å²) in [6, 6.07) is 6.68. The van der Waals surface area contributed by atoms with Crippen molar-refractivity contribution in [2.45, 2.75) is 39.2 Å². The van der Waals surface area contributed by atoms with E-state index in [1.807, 2.05) is 25.1 Å². The summed E-state index contributed by atoms with van der Waals surface area (Å²) < 4.78 is 0. The number of anilines is 1. The Morgan fingerprint density at radius 3 is 2.71 bits per heavy atom. The highest BCUT2D eigenvalue weighted by Gasteiger charge is 2.25. The molecule has 0 radical (unpaired) electrons. The van der Waals surface area contributed by atoms with Crippen LogP contribution in [0.15, 0.2) is 18.2 Å². The minimum atomic E-state index is 0.0266. The van der Waals surface area contributed by atoms with Gasteiger partial charge in [-0.3, -0.25) is 4.79 Å². The Labute approximate surface area is 127 Å². The van der Waals surface area contributed by atoms with E-state index in [0.29, 0.717) is 6.54 Å². The van der Waals surface area contributed by atoms with Crippen molar-refractivity contribution >= 4 is 11.6 Å². The number of aryl methyl sites for hydroxylation is 1. The summed E-state index contributed by atoms with van der Waals surface area (Å²) in [7, 11) is 2.13. The topological polar surface area (TPSA) is 44.4 Å². The molecule has 0 heterocycles. The lowest BCUT2D eigenvalue weighted by molar-refractivity contribution is 0.0949. The average molecular weight is 289 g/mol.